The molecule has 0 atom stereocenters. The van der Waals surface area contributed by atoms with E-state index in [-0.39, 0.29) is 0 Å². The normalized spacial score (nSPS) is 11.2. The second-order valence-corrected chi connectivity index (χ2v) is 12.9. The molecule has 0 aliphatic carbocycles. The van der Waals surface area contributed by atoms with Gasteiger partial charge in [-0.05, 0) is 106 Å². The van der Waals surface area contributed by atoms with Crippen LogP contribution in [0.5, 0.6) is 0 Å². The van der Waals surface area contributed by atoms with E-state index in [4.69, 9.17) is 0 Å². The summed E-state index contributed by atoms with van der Waals surface area (Å²) in [4.78, 5) is 0. The summed E-state index contributed by atoms with van der Waals surface area (Å²) in [6.07, 6.45) is 2.30. The Bertz CT molecular complexity index is 2620. The van der Waals surface area contributed by atoms with Gasteiger partial charge < -0.3 is 0 Å². The molecule has 0 saturated heterocycles. The Morgan fingerprint density at radius 3 is 1.60 bits per heavy atom. The zero-order chi connectivity index (χ0) is 33.3. The lowest BCUT2D eigenvalue weighted by atomic mass is 9.87. The molecule has 0 aromatic heterocycles. The van der Waals surface area contributed by atoms with Gasteiger partial charge in [-0.1, -0.05) is 188 Å². The average molecular weight is 635 g/mol. The maximum absolute atomic E-state index is 2.37. The Morgan fingerprint density at radius 2 is 0.860 bits per heavy atom. The van der Waals surface area contributed by atoms with E-state index < -0.39 is 0 Å². The summed E-state index contributed by atoms with van der Waals surface area (Å²) in [7, 11) is 0. The van der Waals surface area contributed by atoms with Crippen molar-refractivity contribution in [3.8, 4) is 33.4 Å². The zero-order valence-electron chi connectivity index (χ0n) is 27.6. The predicted octanol–water partition coefficient (Wildman–Crippen LogP) is 13.7. The Balaban J connectivity index is 1.17. The molecule has 9 rings (SSSR count). The minimum Gasteiger partial charge on any atom is -0.0622 e. The van der Waals surface area contributed by atoms with E-state index in [1.807, 2.05) is 0 Å². The fourth-order valence-corrected chi connectivity index (χ4v) is 7.47. The number of benzene rings is 9. The standard InChI is InChI=1S/C50H34/c1-3-14-37(15-4-1)48(38-16-5-2-6-17-38)32-35-28-30-39(31-29-35)44-26-13-27-47-49(44)34-41-19-8-10-24-46(41)50(47)42-22-11-21-40(33-42)45-25-12-20-36-18-7-9-23-43(36)45/h1-34H. The average Bonchev–Trinajstić information content (AvgIpc) is 3.19. The van der Waals surface area contributed by atoms with Crippen LogP contribution in [0.4, 0.5) is 0 Å². The summed E-state index contributed by atoms with van der Waals surface area (Å²) in [5.74, 6) is 0. The van der Waals surface area contributed by atoms with Crippen molar-refractivity contribution in [3.05, 3.63) is 217 Å². The molecular formula is C50H34. The van der Waals surface area contributed by atoms with Crippen LogP contribution in [0.25, 0.3) is 77.3 Å². The van der Waals surface area contributed by atoms with Crippen LogP contribution in [0, 0.1) is 0 Å². The largest absolute Gasteiger partial charge is 0.0622 e. The van der Waals surface area contributed by atoms with Crippen LogP contribution >= 0.6 is 0 Å². The molecule has 0 nitrogen and oxygen atoms in total. The molecule has 50 heavy (non-hydrogen) atoms. The lowest BCUT2D eigenvalue weighted by molar-refractivity contribution is 1.55. The van der Waals surface area contributed by atoms with Crippen LogP contribution in [0.3, 0.4) is 0 Å². The number of rotatable bonds is 6. The third-order valence-electron chi connectivity index (χ3n) is 9.86. The van der Waals surface area contributed by atoms with Gasteiger partial charge in [0.1, 0.15) is 0 Å². The Labute approximate surface area is 293 Å². The summed E-state index contributed by atoms with van der Waals surface area (Å²) in [6.45, 7) is 0. The van der Waals surface area contributed by atoms with Crippen LogP contribution in [0.15, 0.2) is 200 Å². The number of hydrogen-bond donors (Lipinski definition) is 0. The van der Waals surface area contributed by atoms with Crippen molar-refractivity contribution in [3.63, 3.8) is 0 Å². The van der Waals surface area contributed by atoms with E-state index in [0.717, 1.165) is 0 Å². The maximum Gasteiger partial charge on any atom is -0.00264 e. The smallest absolute Gasteiger partial charge is 0.00264 e. The van der Waals surface area contributed by atoms with Gasteiger partial charge in [-0.2, -0.15) is 0 Å². The molecule has 0 saturated carbocycles. The first-order chi connectivity index (χ1) is 24.8. The number of hydrogen-bond acceptors (Lipinski definition) is 0. The van der Waals surface area contributed by atoms with Crippen LogP contribution in [-0.4, -0.2) is 0 Å². The molecule has 0 amide bonds. The molecule has 0 spiro atoms. The fourth-order valence-electron chi connectivity index (χ4n) is 7.47. The highest BCUT2D eigenvalue weighted by Crippen LogP contribution is 2.42. The second kappa shape index (κ2) is 12.8. The minimum absolute atomic E-state index is 1.17. The molecule has 0 heteroatoms. The van der Waals surface area contributed by atoms with E-state index in [1.54, 1.807) is 0 Å². The van der Waals surface area contributed by atoms with Gasteiger partial charge in [-0.15, -0.1) is 0 Å². The molecule has 0 radical (unpaired) electrons. The summed E-state index contributed by atoms with van der Waals surface area (Å²) in [6, 6.07) is 72.6. The monoisotopic (exact) mass is 634 g/mol. The molecule has 0 unspecified atom stereocenters. The van der Waals surface area contributed by atoms with Gasteiger partial charge in [-0.3, -0.25) is 0 Å². The molecule has 9 aromatic rings. The second-order valence-electron chi connectivity index (χ2n) is 12.9. The van der Waals surface area contributed by atoms with Crippen molar-refractivity contribution in [1.82, 2.24) is 0 Å². The number of fused-ring (bicyclic) bond motifs is 3. The van der Waals surface area contributed by atoms with E-state index in [9.17, 15) is 0 Å². The highest BCUT2D eigenvalue weighted by molar-refractivity contribution is 6.16. The molecule has 0 heterocycles. The van der Waals surface area contributed by atoms with Crippen molar-refractivity contribution in [1.29, 1.82) is 0 Å². The van der Waals surface area contributed by atoms with Gasteiger partial charge in [-0.25, -0.2) is 0 Å². The van der Waals surface area contributed by atoms with Gasteiger partial charge in [0, 0.05) is 0 Å². The summed E-state index contributed by atoms with van der Waals surface area (Å²) >= 11 is 0. The molecule has 0 aliphatic rings. The quantitative estimate of drug-likeness (QED) is 0.126. The maximum atomic E-state index is 2.37. The van der Waals surface area contributed by atoms with E-state index in [2.05, 4.69) is 206 Å². The summed E-state index contributed by atoms with van der Waals surface area (Å²) in [5, 5.41) is 7.56. The third kappa shape index (κ3) is 5.48. The molecule has 0 bridgehead atoms. The summed E-state index contributed by atoms with van der Waals surface area (Å²) in [5.41, 5.74) is 12.2. The van der Waals surface area contributed by atoms with Gasteiger partial charge in [0.05, 0.1) is 0 Å². The predicted molar refractivity (Wildman–Crippen MR) is 215 cm³/mol. The Hall–Kier alpha value is -6.50. The molecule has 0 fully saturated rings. The topological polar surface area (TPSA) is 0 Å². The van der Waals surface area contributed by atoms with Crippen molar-refractivity contribution in [2.24, 2.45) is 0 Å². The van der Waals surface area contributed by atoms with Crippen LogP contribution in [0.2, 0.25) is 0 Å². The lowest BCUT2D eigenvalue weighted by Gasteiger charge is -2.16. The third-order valence-corrected chi connectivity index (χ3v) is 9.86. The van der Waals surface area contributed by atoms with Crippen LogP contribution in [-0.2, 0) is 0 Å². The van der Waals surface area contributed by atoms with E-state index in [0.29, 0.717) is 0 Å². The first kappa shape index (κ1) is 29.6. The van der Waals surface area contributed by atoms with Crippen molar-refractivity contribution in [2.75, 3.05) is 0 Å². The van der Waals surface area contributed by atoms with Gasteiger partial charge in [0.15, 0.2) is 0 Å². The van der Waals surface area contributed by atoms with Crippen LogP contribution < -0.4 is 0 Å². The Morgan fingerprint density at radius 1 is 0.320 bits per heavy atom. The van der Waals surface area contributed by atoms with Crippen LogP contribution in [0.1, 0.15) is 16.7 Å². The van der Waals surface area contributed by atoms with E-state index >= 15 is 0 Å². The summed E-state index contributed by atoms with van der Waals surface area (Å²) < 4.78 is 0. The van der Waals surface area contributed by atoms with Crippen molar-refractivity contribution < 1.29 is 0 Å². The minimum atomic E-state index is 1.17. The van der Waals surface area contributed by atoms with Crippen molar-refractivity contribution in [2.45, 2.75) is 0 Å². The Kier molecular flexibility index (Phi) is 7.61. The fraction of sp³-hybridized carbons (Fsp3) is 0. The molecule has 0 aliphatic heterocycles. The SMILES string of the molecule is C(=C(c1ccccc1)c1ccccc1)c1ccc(-c2cccc3c(-c4cccc(-c5cccc6ccccc56)c4)c4ccccc4cc23)cc1. The highest BCUT2D eigenvalue weighted by Gasteiger charge is 2.15. The molecular weight excluding hydrogens is 601 g/mol. The lowest BCUT2D eigenvalue weighted by Crippen LogP contribution is -1.90. The van der Waals surface area contributed by atoms with Gasteiger partial charge in [0.25, 0.3) is 0 Å². The molecule has 0 N–H and O–H groups in total. The van der Waals surface area contributed by atoms with Gasteiger partial charge >= 0.3 is 0 Å². The van der Waals surface area contributed by atoms with Crippen molar-refractivity contribution >= 4 is 44.0 Å². The van der Waals surface area contributed by atoms with Gasteiger partial charge in [0.2, 0.25) is 0 Å². The highest BCUT2D eigenvalue weighted by atomic mass is 14.2. The first-order valence-electron chi connectivity index (χ1n) is 17.3. The van der Waals surface area contributed by atoms with E-state index in [1.165, 1.54) is 88.0 Å². The molecule has 234 valence electrons. The molecule has 9 aromatic carbocycles. The zero-order valence-corrected chi connectivity index (χ0v) is 27.6. The first-order valence-corrected chi connectivity index (χ1v) is 17.3.